The molecule has 3 heterocycles. The van der Waals surface area contributed by atoms with Crippen LogP contribution in [-0.2, 0) is 13.8 Å². The predicted octanol–water partition coefficient (Wildman–Crippen LogP) is 0.196. The molecule has 7 atom stereocenters. The fourth-order valence-corrected chi connectivity index (χ4v) is 4.51. The average Bonchev–Trinajstić information content (AvgIpc) is 3.23. The first-order valence-corrected chi connectivity index (χ1v) is 10.9. The molecule has 0 aliphatic carbocycles. The van der Waals surface area contributed by atoms with Gasteiger partial charge in [-0.15, -0.1) is 0 Å². The Morgan fingerprint density at radius 1 is 1.34 bits per heavy atom. The third-order valence-electron chi connectivity index (χ3n) is 4.84. The van der Waals surface area contributed by atoms with Crippen molar-refractivity contribution in [1.82, 2.24) is 19.5 Å². The van der Waals surface area contributed by atoms with Gasteiger partial charge >= 0.3 is 7.60 Å². The molecule has 2 aromatic rings. The molecule has 0 amide bonds. The minimum Gasteiger partial charge on any atom is -0.388 e. The zero-order chi connectivity index (χ0) is 21.3. The normalized spacial score (nSPS) is 28.9. The van der Waals surface area contributed by atoms with E-state index in [1.54, 1.807) is 14.0 Å². The van der Waals surface area contributed by atoms with Crippen molar-refractivity contribution >= 4 is 24.6 Å². The standard InChI is InChI=1S/C16H26N5O7P/c1-4-10(22)29(25,26)28-8(2)5-9-12(23)13(24)16(27-9)21-7-20-11-14(17-3)18-6-19-15(11)21/h6-10,12-13,16,22-24H,4-5H2,1-3H3,(H,25,26)(H,17,18,19)/t8?,9-,10?,12-,13-,16-/m1/s1. The number of imidazole rings is 1. The maximum absolute atomic E-state index is 12.0. The zero-order valence-corrected chi connectivity index (χ0v) is 17.2. The number of anilines is 1. The van der Waals surface area contributed by atoms with E-state index in [0.717, 1.165) is 0 Å². The first kappa shape index (κ1) is 22.0. The van der Waals surface area contributed by atoms with Crippen molar-refractivity contribution in [2.45, 2.75) is 63.2 Å². The summed E-state index contributed by atoms with van der Waals surface area (Å²) in [5.74, 6) is -0.982. The highest BCUT2D eigenvalue weighted by Crippen LogP contribution is 2.49. The summed E-state index contributed by atoms with van der Waals surface area (Å²) >= 11 is 0. The van der Waals surface area contributed by atoms with Crippen molar-refractivity contribution in [2.24, 2.45) is 0 Å². The summed E-state index contributed by atoms with van der Waals surface area (Å²) in [6.07, 6.45) is -2.32. The molecule has 0 spiro atoms. The molecule has 3 unspecified atom stereocenters. The van der Waals surface area contributed by atoms with Gasteiger partial charge in [0.15, 0.2) is 23.5 Å². The van der Waals surface area contributed by atoms with Crippen LogP contribution in [0.4, 0.5) is 5.82 Å². The van der Waals surface area contributed by atoms with Gasteiger partial charge in [0.05, 0.1) is 18.5 Å². The Morgan fingerprint density at radius 3 is 2.72 bits per heavy atom. The number of aliphatic hydroxyl groups excluding tert-OH is 3. The summed E-state index contributed by atoms with van der Waals surface area (Å²) in [5.41, 5.74) is 0.895. The lowest BCUT2D eigenvalue weighted by Crippen LogP contribution is -2.33. The van der Waals surface area contributed by atoms with Gasteiger partial charge in [-0.05, 0) is 13.3 Å². The smallest absolute Gasteiger partial charge is 0.356 e. The van der Waals surface area contributed by atoms with Gasteiger partial charge in [-0.2, -0.15) is 0 Å². The molecule has 29 heavy (non-hydrogen) atoms. The maximum Gasteiger partial charge on any atom is 0.356 e. The highest BCUT2D eigenvalue weighted by molar-refractivity contribution is 7.53. The largest absolute Gasteiger partial charge is 0.388 e. The average molecular weight is 431 g/mol. The first-order valence-electron chi connectivity index (χ1n) is 9.25. The number of aromatic nitrogens is 4. The zero-order valence-electron chi connectivity index (χ0n) is 16.3. The molecule has 1 aliphatic rings. The number of fused-ring (bicyclic) bond motifs is 1. The topological polar surface area (TPSA) is 172 Å². The molecule has 0 saturated carbocycles. The van der Waals surface area contributed by atoms with Crippen molar-refractivity contribution < 1.29 is 34.0 Å². The molecule has 1 aliphatic heterocycles. The molecule has 1 fully saturated rings. The van der Waals surface area contributed by atoms with Crippen LogP contribution in [0.5, 0.6) is 0 Å². The molecule has 0 aromatic carbocycles. The van der Waals surface area contributed by atoms with E-state index in [2.05, 4.69) is 20.3 Å². The Balaban J connectivity index is 1.75. The number of ether oxygens (including phenoxy) is 1. The molecule has 5 N–H and O–H groups in total. The number of nitrogens with one attached hydrogen (secondary N) is 1. The van der Waals surface area contributed by atoms with Crippen molar-refractivity contribution in [3.8, 4) is 0 Å². The summed E-state index contributed by atoms with van der Waals surface area (Å²) in [7, 11) is -2.53. The Labute approximate surface area is 167 Å². The van der Waals surface area contributed by atoms with E-state index in [1.807, 2.05) is 0 Å². The fraction of sp³-hybridized carbons (Fsp3) is 0.688. The molecule has 2 aromatic heterocycles. The van der Waals surface area contributed by atoms with Gasteiger partial charge < -0.3 is 34.8 Å². The van der Waals surface area contributed by atoms with E-state index < -0.39 is 44.1 Å². The third-order valence-corrected chi connectivity index (χ3v) is 6.62. The van der Waals surface area contributed by atoms with Gasteiger partial charge in [-0.3, -0.25) is 9.13 Å². The van der Waals surface area contributed by atoms with Crippen LogP contribution in [0.15, 0.2) is 12.7 Å². The number of aliphatic hydroxyl groups is 3. The lowest BCUT2D eigenvalue weighted by Gasteiger charge is -2.24. The van der Waals surface area contributed by atoms with Crippen LogP contribution in [0.25, 0.3) is 11.2 Å². The van der Waals surface area contributed by atoms with E-state index in [1.165, 1.54) is 24.1 Å². The molecular weight excluding hydrogens is 405 g/mol. The van der Waals surface area contributed by atoms with E-state index in [-0.39, 0.29) is 12.8 Å². The second kappa shape index (κ2) is 8.60. The highest BCUT2D eigenvalue weighted by Gasteiger charge is 2.45. The van der Waals surface area contributed by atoms with E-state index in [4.69, 9.17) is 9.26 Å². The van der Waals surface area contributed by atoms with Gasteiger partial charge in [-0.1, -0.05) is 6.92 Å². The number of hydrogen-bond donors (Lipinski definition) is 5. The Morgan fingerprint density at radius 2 is 2.07 bits per heavy atom. The molecule has 3 rings (SSSR count). The van der Waals surface area contributed by atoms with Gasteiger partial charge in [0, 0.05) is 13.5 Å². The minimum atomic E-state index is -4.22. The van der Waals surface area contributed by atoms with Crippen LogP contribution in [0.1, 0.15) is 32.9 Å². The SMILES string of the molecule is CCC(O)P(=O)(O)OC(C)C[C@H]1O[C@@H](n2cnc3c(NC)ncnc32)[C@H](O)[C@@H]1O. The van der Waals surface area contributed by atoms with Crippen molar-refractivity contribution in [3.05, 3.63) is 12.7 Å². The van der Waals surface area contributed by atoms with Gasteiger partial charge in [0.2, 0.25) is 0 Å². The Bertz CT molecular complexity index is 896. The van der Waals surface area contributed by atoms with Crippen molar-refractivity contribution in [1.29, 1.82) is 0 Å². The second-order valence-electron chi connectivity index (χ2n) is 6.95. The summed E-state index contributed by atoms with van der Waals surface area (Å²) in [6.45, 7) is 3.09. The molecular formula is C16H26N5O7P. The Hall–Kier alpha value is -1.66. The van der Waals surface area contributed by atoms with Crippen molar-refractivity contribution in [2.75, 3.05) is 12.4 Å². The molecule has 0 radical (unpaired) electrons. The van der Waals surface area contributed by atoms with Gasteiger partial charge in [-0.25, -0.2) is 15.0 Å². The summed E-state index contributed by atoms with van der Waals surface area (Å²) < 4.78 is 24.4. The highest BCUT2D eigenvalue weighted by atomic mass is 31.2. The lowest BCUT2D eigenvalue weighted by atomic mass is 10.1. The van der Waals surface area contributed by atoms with Crippen LogP contribution >= 0.6 is 7.60 Å². The summed E-state index contributed by atoms with van der Waals surface area (Å²) in [4.78, 5) is 22.3. The van der Waals surface area contributed by atoms with Crippen molar-refractivity contribution in [3.63, 3.8) is 0 Å². The molecule has 12 nitrogen and oxygen atoms in total. The van der Waals surface area contributed by atoms with Crippen LogP contribution in [-0.4, -0.2) is 77.0 Å². The van der Waals surface area contributed by atoms with Crippen LogP contribution in [0.2, 0.25) is 0 Å². The summed E-state index contributed by atoms with van der Waals surface area (Å²) in [5, 5.41) is 33.4. The lowest BCUT2D eigenvalue weighted by molar-refractivity contribution is -0.0463. The molecule has 13 heteroatoms. The van der Waals surface area contributed by atoms with Crippen LogP contribution in [0.3, 0.4) is 0 Å². The Kier molecular flexibility index (Phi) is 6.54. The number of hydrogen-bond acceptors (Lipinski definition) is 10. The van der Waals surface area contributed by atoms with Crippen LogP contribution in [0, 0.1) is 0 Å². The fourth-order valence-electron chi connectivity index (χ4n) is 3.30. The molecule has 0 bridgehead atoms. The van der Waals surface area contributed by atoms with Crippen LogP contribution < -0.4 is 5.32 Å². The quantitative estimate of drug-likeness (QED) is 0.361. The number of nitrogens with zero attached hydrogens (tertiary/aromatic N) is 4. The maximum atomic E-state index is 12.0. The van der Waals surface area contributed by atoms with E-state index in [9.17, 15) is 24.8 Å². The minimum absolute atomic E-state index is 0.0269. The third kappa shape index (κ3) is 4.29. The van der Waals surface area contributed by atoms with E-state index in [0.29, 0.717) is 17.0 Å². The summed E-state index contributed by atoms with van der Waals surface area (Å²) in [6, 6.07) is 0. The first-order chi connectivity index (χ1) is 13.7. The number of rotatable bonds is 8. The second-order valence-corrected chi connectivity index (χ2v) is 8.88. The predicted molar refractivity (Wildman–Crippen MR) is 102 cm³/mol. The van der Waals surface area contributed by atoms with Gasteiger partial charge in [0.25, 0.3) is 0 Å². The monoisotopic (exact) mass is 431 g/mol. The van der Waals surface area contributed by atoms with E-state index >= 15 is 0 Å². The van der Waals surface area contributed by atoms with Gasteiger partial charge in [0.1, 0.15) is 24.1 Å². The molecule has 162 valence electrons. The molecule has 1 saturated heterocycles.